The maximum absolute atomic E-state index is 13.5. The summed E-state index contributed by atoms with van der Waals surface area (Å²) < 4.78 is 13.5. The van der Waals surface area contributed by atoms with Crippen LogP contribution in [0.3, 0.4) is 0 Å². The molecule has 1 aromatic heterocycles. The minimum Gasteiger partial charge on any atom is -0.313 e. The molecule has 78 valence electrons. The van der Waals surface area contributed by atoms with E-state index < -0.39 is 6.17 Å². The van der Waals surface area contributed by atoms with E-state index in [9.17, 15) is 9.18 Å². The highest BCUT2D eigenvalue weighted by atomic mass is 19.1. The summed E-state index contributed by atoms with van der Waals surface area (Å²) >= 11 is 0. The smallest absolute Gasteiger partial charge is 0.253 e. The lowest BCUT2D eigenvalue weighted by atomic mass is 10.1. The molecule has 1 rings (SSSR count). The third-order valence-corrected chi connectivity index (χ3v) is 2.23. The van der Waals surface area contributed by atoms with E-state index in [1.165, 1.54) is 6.33 Å². The number of nitrogens with one attached hydrogen (secondary N) is 1. The van der Waals surface area contributed by atoms with Crippen molar-refractivity contribution in [3.63, 3.8) is 0 Å². The van der Waals surface area contributed by atoms with Gasteiger partial charge in [0.2, 0.25) is 0 Å². The van der Waals surface area contributed by atoms with Crippen LogP contribution >= 0.6 is 0 Å². The summed E-state index contributed by atoms with van der Waals surface area (Å²) in [6, 6.07) is 0. The minimum absolute atomic E-state index is 0.255. The van der Waals surface area contributed by atoms with Gasteiger partial charge >= 0.3 is 0 Å². The first-order valence-corrected chi connectivity index (χ1v) is 4.85. The number of unbranched alkanes of at least 4 members (excludes halogenated alkanes) is 1. The molecule has 0 saturated heterocycles. The van der Waals surface area contributed by atoms with Crippen molar-refractivity contribution in [2.24, 2.45) is 0 Å². The second-order valence-electron chi connectivity index (χ2n) is 3.35. The molecule has 0 radical (unpaired) electrons. The van der Waals surface area contributed by atoms with E-state index in [1.807, 2.05) is 6.92 Å². The number of aromatic nitrogens is 2. The molecule has 0 amide bonds. The van der Waals surface area contributed by atoms with Gasteiger partial charge in [0.05, 0.1) is 12.0 Å². The molecule has 0 aliphatic heterocycles. The molecule has 1 aromatic rings. The van der Waals surface area contributed by atoms with Crippen LogP contribution in [0.15, 0.2) is 11.1 Å². The van der Waals surface area contributed by atoms with Gasteiger partial charge < -0.3 is 4.98 Å². The van der Waals surface area contributed by atoms with Crippen molar-refractivity contribution in [3.8, 4) is 0 Å². The highest BCUT2D eigenvalue weighted by molar-refractivity contribution is 5.16. The van der Waals surface area contributed by atoms with Crippen LogP contribution in [0, 0.1) is 6.92 Å². The Morgan fingerprint density at radius 3 is 3.00 bits per heavy atom. The third-order valence-electron chi connectivity index (χ3n) is 2.23. The Balaban J connectivity index is 2.84. The number of halogens is 1. The standard InChI is InChI=1S/C10H15FN2O/c1-3-4-5-8(11)9-7(2)10(14)13-6-12-9/h6,8H,3-5H2,1-2H3,(H,12,13,14). The van der Waals surface area contributed by atoms with Gasteiger partial charge in [-0.25, -0.2) is 9.37 Å². The number of aromatic amines is 1. The Morgan fingerprint density at radius 1 is 1.64 bits per heavy atom. The van der Waals surface area contributed by atoms with E-state index in [0.29, 0.717) is 12.0 Å². The number of hydrogen-bond acceptors (Lipinski definition) is 2. The van der Waals surface area contributed by atoms with E-state index in [4.69, 9.17) is 0 Å². The summed E-state index contributed by atoms with van der Waals surface area (Å²) in [5.74, 6) is 0. The summed E-state index contributed by atoms with van der Waals surface area (Å²) in [6.45, 7) is 3.60. The van der Waals surface area contributed by atoms with Gasteiger partial charge in [-0.1, -0.05) is 19.8 Å². The van der Waals surface area contributed by atoms with Gasteiger partial charge in [-0.2, -0.15) is 0 Å². The second kappa shape index (κ2) is 4.88. The molecule has 14 heavy (non-hydrogen) atoms. The summed E-state index contributed by atoms with van der Waals surface area (Å²) in [6.07, 6.45) is 2.34. The topological polar surface area (TPSA) is 45.8 Å². The molecule has 0 bridgehead atoms. The average molecular weight is 198 g/mol. The average Bonchev–Trinajstić information content (AvgIpc) is 2.18. The minimum atomic E-state index is -1.11. The van der Waals surface area contributed by atoms with Crippen molar-refractivity contribution in [2.45, 2.75) is 39.3 Å². The highest BCUT2D eigenvalue weighted by Gasteiger charge is 2.14. The van der Waals surface area contributed by atoms with E-state index in [-0.39, 0.29) is 11.3 Å². The molecule has 0 saturated carbocycles. The second-order valence-corrected chi connectivity index (χ2v) is 3.35. The number of H-pyrrole nitrogens is 1. The molecule has 1 heterocycles. The summed E-state index contributed by atoms with van der Waals surface area (Å²) in [5, 5.41) is 0. The van der Waals surface area contributed by atoms with Crippen molar-refractivity contribution in [3.05, 3.63) is 27.9 Å². The van der Waals surface area contributed by atoms with E-state index >= 15 is 0 Å². The Labute approximate surface area is 82.4 Å². The van der Waals surface area contributed by atoms with Gasteiger partial charge in [0.1, 0.15) is 6.17 Å². The fourth-order valence-electron chi connectivity index (χ4n) is 1.32. The SMILES string of the molecule is CCCCC(F)c1nc[nH]c(=O)c1C. The molecule has 1 atom stereocenters. The fourth-order valence-corrected chi connectivity index (χ4v) is 1.32. The number of alkyl halides is 1. The Hall–Kier alpha value is -1.19. The van der Waals surface area contributed by atoms with Gasteiger partial charge in [-0.3, -0.25) is 4.79 Å². The molecule has 0 aliphatic carbocycles. The Kier molecular flexibility index (Phi) is 3.80. The number of rotatable bonds is 4. The van der Waals surface area contributed by atoms with Gasteiger partial charge in [-0.05, 0) is 13.3 Å². The van der Waals surface area contributed by atoms with Crippen LogP contribution in [0.2, 0.25) is 0 Å². The zero-order valence-electron chi connectivity index (χ0n) is 8.51. The quantitative estimate of drug-likeness (QED) is 0.806. The van der Waals surface area contributed by atoms with Crippen LogP contribution < -0.4 is 5.56 Å². The van der Waals surface area contributed by atoms with Gasteiger partial charge in [-0.15, -0.1) is 0 Å². The molecular formula is C10H15FN2O. The maximum Gasteiger partial charge on any atom is 0.253 e. The maximum atomic E-state index is 13.5. The predicted octanol–water partition coefficient (Wildman–Crippen LogP) is 2.28. The molecule has 0 spiro atoms. The van der Waals surface area contributed by atoms with Crippen molar-refractivity contribution in [2.75, 3.05) is 0 Å². The van der Waals surface area contributed by atoms with Gasteiger partial charge in [0.25, 0.3) is 5.56 Å². The van der Waals surface area contributed by atoms with Crippen LogP contribution in [0.5, 0.6) is 0 Å². The zero-order chi connectivity index (χ0) is 10.6. The normalized spacial score (nSPS) is 12.8. The highest BCUT2D eigenvalue weighted by Crippen LogP contribution is 2.22. The van der Waals surface area contributed by atoms with Gasteiger partial charge in [0, 0.05) is 5.56 Å². The van der Waals surface area contributed by atoms with Crippen molar-refractivity contribution < 1.29 is 4.39 Å². The summed E-state index contributed by atoms with van der Waals surface area (Å²) in [7, 11) is 0. The molecule has 3 nitrogen and oxygen atoms in total. The third kappa shape index (κ3) is 2.40. The van der Waals surface area contributed by atoms with Crippen molar-refractivity contribution >= 4 is 0 Å². The summed E-state index contributed by atoms with van der Waals surface area (Å²) in [4.78, 5) is 17.4. The van der Waals surface area contributed by atoms with E-state index in [0.717, 1.165) is 12.8 Å². The molecule has 0 aliphatic rings. The number of nitrogens with zero attached hydrogens (tertiary/aromatic N) is 1. The van der Waals surface area contributed by atoms with Crippen LogP contribution in [-0.4, -0.2) is 9.97 Å². The lowest BCUT2D eigenvalue weighted by molar-refractivity contribution is 0.306. The molecule has 0 fully saturated rings. The zero-order valence-corrected chi connectivity index (χ0v) is 8.51. The lowest BCUT2D eigenvalue weighted by Crippen LogP contribution is -2.14. The molecule has 1 unspecified atom stereocenters. The van der Waals surface area contributed by atoms with E-state index in [1.54, 1.807) is 6.92 Å². The Bertz CT molecular complexity index is 348. The first-order valence-electron chi connectivity index (χ1n) is 4.85. The van der Waals surface area contributed by atoms with Crippen molar-refractivity contribution in [1.29, 1.82) is 0 Å². The summed E-state index contributed by atoms with van der Waals surface area (Å²) in [5.41, 5.74) is 0.410. The van der Waals surface area contributed by atoms with Crippen LogP contribution in [-0.2, 0) is 0 Å². The van der Waals surface area contributed by atoms with Crippen molar-refractivity contribution in [1.82, 2.24) is 9.97 Å². The number of hydrogen-bond donors (Lipinski definition) is 1. The Morgan fingerprint density at radius 2 is 2.36 bits per heavy atom. The first kappa shape index (κ1) is 10.9. The predicted molar refractivity (Wildman–Crippen MR) is 53.0 cm³/mol. The molecule has 0 aromatic carbocycles. The van der Waals surface area contributed by atoms with Crippen LogP contribution in [0.25, 0.3) is 0 Å². The molecule has 4 heteroatoms. The fraction of sp³-hybridized carbons (Fsp3) is 0.600. The first-order chi connectivity index (χ1) is 6.66. The van der Waals surface area contributed by atoms with Crippen LogP contribution in [0.1, 0.15) is 43.6 Å². The molecule has 1 N–H and O–H groups in total. The molecular weight excluding hydrogens is 183 g/mol. The van der Waals surface area contributed by atoms with Gasteiger partial charge in [0.15, 0.2) is 0 Å². The largest absolute Gasteiger partial charge is 0.313 e. The monoisotopic (exact) mass is 198 g/mol. The van der Waals surface area contributed by atoms with Crippen LogP contribution in [0.4, 0.5) is 4.39 Å². The lowest BCUT2D eigenvalue weighted by Gasteiger charge is -2.08. The van der Waals surface area contributed by atoms with E-state index in [2.05, 4.69) is 9.97 Å².